The van der Waals surface area contributed by atoms with Crippen molar-refractivity contribution < 1.29 is 32.3 Å². The van der Waals surface area contributed by atoms with Crippen LogP contribution in [0.4, 0.5) is 18.9 Å². The number of carbonyl (C=O) groups excluding carboxylic acids is 1. The Labute approximate surface area is 193 Å². The number of methoxy groups -OCH3 is 1. The molecule has 0 saturated carbocycles. The summed E-state index contributed by atoms with van der Waals surface area (Å²) in [6, 6.07) is 10.3. The topological polar surface area (TPSA) is 59.0 Å². The van der Waals surface area contributed by atoms with E-state index in [1.54, 1.807) is 24.3 Å². The Morgan fingerprint density at radius 1 is 1.06 bits per heavy atom. The smallest absolute Gasteiger partial charge is 0.416 e. The minimum atomic E-state index is -4.63. The van der Waals surface area contributed by atoms with Gasteiger partial charge in [0.25, 0.3) is 5.91 Å². The van der Waals surface area contributed by atoms with Gasteiger partial charge < -0.3 is 14.4 Å². The Kier molecular flexibility index (Phi) is 6.72. The van der Waals surface area contributed by atoms with Gasteiger partial charge in [-0.2, -0.15) is 18.2 Å². The highest BCUT2D eigenvalue weighted by atomic mass is 28.4. The number of amides is 1. The number of hydrogen-bond donors (Lipinski definition) is 1. The number of alkyl halides is 3. The number of hydroxylamine groups is 1. The molecule has 1 amide bonds. The Morgan fingerprint density at radius 2 is 1.67 bits per heavy atom. The summed E-state index contributed by atoms with van der Waals surface area (Å²) in [5, 5.41) is 11.7. The van der Waals surface area contributed by atoms with Crippen LogP contribution in [0.5, 0.6) is 5.75 Å². The second-order valence-corrected chi connectivity index (χ2v) is 14.5. The number of carbonyl (C=O) groups is 1. The van der Waals surface area contributed by atoms with E-state index < -0.39 is 38.0 Å². The number of hydrogen-bond acceptors (Lipinski definition) is 4. The van der Waals surface area contributed by atoms with Gasteiger partial charge in [0.2, 0.25) is 8.32 Å². The van der Waals surface area contributed by atoms with E-state index >= 15 is 0 Å². The van der Waals surface area contributed by atoms with Gasteiger partial charge in [-0.3, -0.25) is 4.79 Å². The molecule has 0 spiro atoms. The third-order valence-corrected chi connectivity index (χ3v) is 10.9. The molecule has 0 aromatic heterocycles. The normalized spacial score (nSPS) is 19.8. The predicted molar refractivity (Wildman–Crippen MR) is 123 cm³/mol. The fourth-order valence-corrected chi connectivity index (χ4v) is 4.52. The van der Waals surface area contributed by atoms with Gasteiger partial charge in [-0.25, -0.2) is 0 Å². The molecule has 2 unspecified atom stereocenters. The number of benzene rings is 2. The van der Waals surface area contributed by atoms with Crippen molar-refractivity contribution in [2.45, 2.75) is 63.5 Å². The van der Waals surface area contributed by atoms with Gasteiger partial charge in [-0.1, -0.05) is 39.0 Å². The number of ether oxygens (including phenoxy) is 1. The monoisotopic (exact) mass is 481 g/mol. The van der Waals surface area contributed by atoms with Gasteiger partial charge in [-0.15, -0.1) is 0 Å². The fourth-order valence-electron chi connectivity index (χ4n) is 3.60. The highest BCUT2D eigenvalue weighted by Gasteiger charge is 2.46. The summed E-state index contributed by atoms with van der Waals surface area (Å²) in [7, 11) is -1.13. The van der Waals surface area contributed by atoms with E-state index in [-0.39, 0.29) is 22.7 Å². The van der Waals surface area contributed by atoms with Crippen molar-refractivity contribution in [3.8, 4) is 5.75 Å². The molecule has 0 bridgehead atoms. The third-order valence-electron chi connectivity index (χ3n) is 6.60. The lowest BCUT2D eigenvalue weighted by Crippen LogP contribution is -2.51. The van der Waals surface area contributed by atoms with E-state index in [0.29, 0.717) is 11.3 Å². The van der Waals surface area contributed by atoms with Gasteiger partial charge >= 0.3 is 6.18 Å². The molecule has 0 fully saturated rings. The minimum absolute atomic E-state index is 0.0229. The lowest BCUT2D eigenvalue weighted by atomic mass is 9.86. The third kappa shape index (κ3) is 4.95. The molecule has 2 atom stereocenters. The summed E-state index contributed by atoms with van der Waals surface area (Å²) in [5.41, 5.74) is -0.359. The van der Waals surface area contributed by atoms with Crippen LogP contribution in [0.1, 0.15) is 43.4 Å². The van der Waals surface area contributed by atoms with Crippen molar-refractivity contribution in [3.63, 3.8) is 0 Å². The average molecular weight is 482 g/mol. The molecule has 3 rings (SSSR count). The Morgan fingerprint density at radius 3 is 2.18 bits per heavy atom. The zero-order valence-corrected chi connectivity index (χ0v) is 20.7. The standard InChI is InChI=1S/C24H30F3NO4Si/c1-23(2,3)33(5,6)32-28-20-9-7-8-19(24(25,26)27)18(20)14-17(21(29)22(28)30)15-10-12-16(31-4)13-11-15/h7-13,17,21,29H,14H2,1-6H3. The molecule has 2 aromatic rings. The second kappa shape index (κ2) is 8.77. The number of halogens is 3. The number of anilines is 1. The van der Waals surface area contributed by atoms with Gasteiger partial charge in [0, 0.05) is 5.92 Å². The Bertz CT molecular complexity index is 1020. The van der Waals surface area contributed by atoms with E-state index in [9.17, 15) is 23.1 Å². The molecular weight excluding hydrogens is 451 g/mol. The SMILES string of the molecule is COc1ccc(C2Cc3c(cccc3C(F)(F)F)N(O[Si](C)(C)C(C)(C)C)C(=O)C2O)cc1. The first-order valence-electron chi connectivity index (χ1n) is 10.7. The molecule has 0 aliphatic carbocycles. The number of nitrogens with zero attached hydrogens (tertiary/aromatic N) is 1. The predicted octanol–water partition coefficient (Wildman–Crippen LogP) is 5.68. The Balaban J connectivity index is 2.19. The van der Waals surface area contributed by atoms with Gasteiger partial charge in [0.15, 0.2) is 0 Å². The first-order chi connectivity index (χ1) is 15.2. The van der Waals surface area contributed by atoms with E-state index in [2.05, 4.69) is 0 Å². The molecule has 1 aliphatic rings. The van der Waals surface area contributed by atoms with Crippen molar-refractivity contribution in [2.24, 2.45) is 0 Å². The summed E-state index contributed by atoms with van der Waals surface area (Å²) in [4.78, 5) is 13.4. The summed E-state index contributed by atoms with van der Waals surface area (Å²) < 4.78 is 53.3. The summed E-state index contributed by atoms with van der Waals surface area (Å²) in [5.74, 6) is -1.11. The van der Waals surface area contributed by atoms with Crippen molar-refractivity contribution in [1.82, 2.24) is 0 Å². The van der Waals surface area contributed by atoms with E-state index in [0.717, 1.165) is 11.1 Å². The van der Waals surface area contributed by atoms with Gasteiger partial charge in [0.1, 0.15) is 11.9 Å². The van der Waals surface area contributed by atoms with E-state index in [1.165, 1.54) is 19.2 Å². The fraction of sp³-hybridized carbons (Fsp3) is 0.458. The lowest BCUT2D eigenvalue weighted by molar-refractivity contribution is -0.138. The summed E-state index contributed by atoms with van der Waals surface area (Å²) in [6.45, 7) is 9.68. The summed E-state index contributed by atoms with van der Waals surface area (Å²) >= 11 is 0. The molecule has 1 heterocycles. The van der Waals surface area contributed by atoms with Crippen LogP contribution in [0.25, 0.3) is 0 Å². The van der Waals surface area contributed by atoms with Crippen LogP contribution in [0.2, 0.25) is 18.1 Å². The maximum atomic E-state index is 14.0. The lowest BCUT2D eigenvalue weighted by Gasteiger charge is -2.40. The van der Waals surface area contributed by atoms with E-state index in [1.807, 2.05) is 33.9 Å². The maximum absolute atomic E-state index is 14.0. The molecule has 2 aromatic carbocycles. The first kappa shape index (κ1) is 25.3. The molecular formula is C24H30F3NO4Si. The van der Waals surface area contributed by atoms with Crippen LogP contribution in [0, 0.1) is 0 Å². The van der Waals surface area contributed by atoms with Crippen LogP contribution in [0.3, 0.4) is 0 Å². The first-order valence-corrected chi connectivity index (χ1v) is 13.6. The van der Waals surface area contributed by atoms with Crippen molar-refractivity contribution >= 4 is 19.9 Å². The molecule has 1 N–H and O–H groups in total. The van der Waals surface area contributed by atoms with Crippen LogP contribution in [-0.4, -0.2) is 32.5 Å². The molecule has 9 heteroatoms. The van der Waals surface area contributed by atoms with Crippen LogP contribution in [-0.2, 0) is 21.9 Å². The molecule has 180 valence electrons. The van der Waals surface area contributed by atoms with E-state index in [4.69, 9.17) is 9.26 Å². The molecule has 0 saturated heterocycles. The van der Waals surface area contributed by atoms with Crippen LogP contribution < -0.4 is 9.80 Å². The molecule has 5 nitrogen and oxygen atoms in total. The van der Waals surface area contributed by atoms with Crippen molar-refractivity contribution in [1.29, 1.82) is 0 Å². The Hall–Kier alpha value is -2.36. The zero-order chi connectivity index (χ0) is 24.8. The largest absolute Gasteiger partial charge is 0.497 e. The van der Waals surface area contributed by atoms with Gasteiger partial charge in [-0.05, 0) is 59.9 Å². The average Bonchev–Trinajstić information content (AvgIpc) is 2.82. The zero-order valence-electron chi connectivity index (χ0n) is 19.7. The van der Waals surface area contributed by atoms with Crippen LogP contribution in [0.15, 0.2) is 42.5 Å². The molecule has 33 heavy (non-hydrogen) atoms. The maximum Gasteiger partial charge on any atom is 0.416 e. The number of aliphatic hydroxyl groups is 1. The second-order valence-electron chi connectivity index (χ2n) is 9.81. The summed E-state index contributed by atoms with van der Waals surface area (Å²) in [6.07, 6.45) is -6.39. The molecule has 0 radical (unpaired) electrons. The number of rotatable bonds is 4. The molecule has 1 aliphatic heterocycles. The number of fused-ring (bicyclic) bond motifs is 1. The minimum Gasteiger partial charge on any atom is -0.497 e. The van der Waals surface area contributed by atoms with Crippen LogP contribution >= 0.6 is 0 Å². The highest BCUT2D eigenvalue weighted by molar-refractivity contribution is 6.74. The van der Waals surface area contributed by atoms with Crippen molar-refractivity contribution in [3.05, 3.63) is 59.2 Å². The van der Waals surface area contributed by atoms with Gasteiger partial charge in [0.05, 0.1) is 18.4 Å². The number of aliphatic hydroxyl groups excluding tert-OH is 1. The quantitative estimate of drug-likeness (QED) is 0.571. The van der Waals surface area contributed by atoms with Crippen molar-refractivity contribution in [2.75, 3.05) is 12.2 Å². The highest BCUT2D eigenvalue weighted by Crippen LogP contribution is 2.44.